The fourth-order valence-electron chi connectivity index (χ4n) is 2.82. The summed E-state index contributed by atoms with van der Waals surface area (Å²) in [5.74, 6) is 0. The van der Waals surface area contributed by atoms with Gasteiger partial charge in [0.2, 0.25) is 0 Å². The molecule has 0 atom stereocenters. The zero-order valence-corrected chi connectivity index (χ0v) is 14.1. The Morgan fingerprint density at radius 1 is 0.750 bits per heavy atom. The Hall–Kier alpha value is -2.13. The molecule has 0 aliphatic carbocycles. The Kier molecular flexibility index (Phi) is 5.31. The molecular weight excluding hydrogens is 318 g/mol. The van der Waals surface area contributed by atoms with Gasteiger partial charge in [0, 0.05) is 18.1 Å². The van der Waals surface area contributed by atoms with Crippen LogP contribution in [0.3, 0.4) is 0 Å². The summed E-state index contributed by atoms with van der Waals surface area (Å²) in [5.41, 5.74) is 1.65. The first-order valence-corrected chi connectivity index (χ1v) is 8.35. The van der Waals surface area contributed by atoms with E-state index in [1.54, 1.807) is 0 Å². The number of hydrogen-bond donors (Lipinski definition) is 2. The molecule has 3 aromatic carbocycles. The van der Waals surface area contributed by atoms with E-state index in [2.05, 4.69) is 5.32 Å². The number of aliphatic hydroxyl groups is 1. The molecule has 3 aromatic rings. The Labute approximate surface area is 147 Å². The highest BCUT2D eigenvalue weighted by Gasteiger charge is 2.30. The largest absolute Gasteiger partial charge is 0.379 e. The van der Waals surface area contributed by atoms with Gasteiger partial charge in [-0.2, -0.15) is 0 Å². The number of nitrogens with one attached hydrogen (secondary N) is 1. The van der Waals surface area contributed by atoms with Crippen molar-refractivity contribution in [1.29, 1.82) is 0 Å². The second-order valence-electron chi connectivity index (χ2n) is 5.79. The SMILES string of the molecule is OC(CNCc1ccccc1Cl)(c1ccccc1)c1ccccc1. The van der Waals surface area contributed by atoms with Crippen LogP contribution in [0.15, 0.2) is 84.9 Å². The third kappa shape index (κ3) is 3.68. The van der Waals surface area contributed by atoms with Crippen molar-refractivity contribution in [1.82, 2.24) is 5.32 Å². The van der Waals surface area contributed by atoms with Gasteiger partial charge in [-0.25, -0.2) is 0 Å². The van der Waals surface area contributed by atoms with Crippen LogP contribution in [0.5, 0.6) is 0 Å². The molecule has 3 heteroatoms. The Morgan fingerprint density at radius 3 is 1.79 bits per heavy atom. The van der Waals surface area contributed by atoms with Crippen LogP contribution < -0.4 is 5.32 Å². The zero-order valence-electron chi connectivity index (χ0n) is 13.3. The third-order valence-corrected chi connectivity index (χ3v) is 4.53. The Bertz CT molecular complexity index is 735. The number of benzene rings is 3. The van der Waals surface area contributed by atoms with E-state index in [0.717, 1.165) is 21.7 Å². The second kappa shape index (κ2) is 7.63. The monoisotopic (exact) mass is 337 g/mol. The molecule has 0 aliphatic heterocycles. The molecule has 0 amide bonds. The Morgan fingerprint density at radius 2 is 1.25 bits per heavy atom. The maximum Gasteiger partial charge on any atom is 0.127 e. The highest BCUT2D eigenvalue weighted by molar-refractivity contribution is 6.31. The van der Waals surface area contributed by atoms with Crippen molar-refractivity contribution in [3.63, 3.8) is 0 Å². The molecule has 0 saturated heterocycles. The number of hydrogen-bond acceptors (Lipinski definition) is 2. The van der Waals surface area contributed by atoms with E-state index in [-0.39, 0.29) is 0 Å². The standard InChI is InChI=1S/C21H20ClNO/c22-20-14-8-7-9-17(20)15-23-16-21(24,18-10-3-1-4-11-18)19-12-5-2-6-13-19/h1-14,23-24H,15-16H2. The summed E-state index contributed by atoms with van der Waals surface area (Å²) in [6.07, 6.45) is 0. The summed E-state index contributed by atoms with van der Waals surface area (Å²) >= 11 is 6.21. The predicted octanol–water partition coefficient (Wildman–Crippen LogP) is 4.37. The topological polar surface area (TPSA) is 32.3 Å². The van der Waals surface area contributed by atoms with Crippen LogP contribution in [0.4, 0.5) is 0 Å². The first-order valence-electron chi connectivity index (χ1n) is 7.98. The molecule has 0 bridgehead atoms. The minimum Gasteiger partial charge on any atom is -0.379 e. The van der Waals surface area contributed by atoms with Crippen LogP contribution >= 0.6 is 11.6 Å². The molecule has 0 aromatic heterocycles. The molecule has 0 aliphatic rings. The van der Waals surface area contributed by atoms with E-state index >= 15 is 0 Å². The van der Waals surface area contributed by atoms with E-state index in [1.165, 1.54) is 0 Å². The predicted molar refractivity (Wildman–Crippen MR) is 99.0 cm³/mol. The molecule has 2 nitrogen and oxygen atoms in total. The lowest BCUT2D eigenvalue weighted by molar-refractivity contribution is 0.0796. The molecule has 2 N–H and O–H groups in total. The lowest BCUT2D eigenvalue weighted by Gasteiger charge is -2.30. The van der Waals surface area contributed by atoms with Crippen molar-refractivity contribution in [2.24, 2.45) is 0 Å². The summed E-state index contributed by atoms with van der Waals surface area (Å²) in [6, 6.07) is 27.2. The van der Waals surface area contributed by atoms with E-state index in [4.69, 9.17) is 11.6 Å². The van der Waals surface area contributed by atoms with Gasteiger partial charge in [0.05, 0.1) is 0 Å². The van der Waals surface area contributed by atoms with Crippen molar-refractivity contribution >= 4 is 11.6 Å². The van der Waals surface area contributed by atoms with Gasteiger partial charge < -0.3 is 10.4 Å². The molecule has 0 heterocycles. The summed E-state index contributed by atoms with van der Waals surface area (Å²) in [5, 5.41) is 15.5. The summed E-state index contributed by atoms with van der Waals surface area (Å²) in [4.78, 5) is 0. The Balaban J connectivity index is 1.82. The van der Waals surface area contributed by atoms with Crippen LogP contribution in [0.25, 0.3) is 0 Å². The van der Waals surface area contributed by atoms with Crippen molar-refractivity contribution in [3.8, 4) is 0 Å². The van der Waals surface area contributed by atoms with Crippen molar-refractivity contribution < 1.29 is 5.11 Å². The summed E-state index contributed by atoms with van der Waals surface area (Å²) < 4.78 is 0. The molecule has 0 saturated carbocycles. The minimum absolute atomic E-state index is 0.395. The van der Waals surface area contributed by atoms with Gasteiger partial charge >= 0.3 is 0 Å². The average Bonchev–Trinajstić information content (AvgIpc) is 2.64. The zero-order chi connectivity index (χ0) is 16.8. The van der Waals surface area contributed by atoms with Gasteiger partial charge in [-0.3, -0.25) is 0 Å². The van der Waals surface area contributed by atoms with Crippen molar-refractivity contribution in [2.45, 2.75) is 12.1 Å². The molecular formula is C21H20ClNO. The van der Waals surface area contributed by atoms with Gasteiger partial charge in [-0.15, -0.1) is 0 Å². The normalized spacial score (nSPS) is 11.4. The van der Waals surface area contributed by atoms with Gasteiger partial charge in [0.25, 0.3) is 0 Å². The van der Waals surface area contributed by atoms with Crippen LogP contribution in [-0.2, 0) is 12.1 Å². The molecule has 0 fully saturated rings. The molecule has 0 unspecified atom stereocenters. The average molecular weight is 338 g/mol. The lowest BCUT2D eigenvalue weighted by atomic mass is 9.86. The van der Waals surface area contributed by atoms with E-state index in [1.807, 2.05) is 84.9 Å². The number of rotatable bonds is 6. The maximum atomic E-state index is 11.4. The minimum atomic E-state index is -1.09. The molecule has 122 valence electrons. The highest BCUT2D eigenvalue weighted by atomic mass is 35.5. The quantitative estimate of drug-likeness (QED) is 0.700. The number of halogens is 1. The fraction of sp³-hybridized carbons (Fsp3) is 0.143. The van der Waals surface area contributed by atoms with Gasteiger partial charge in [-0.1, -0.05) is 90.5 Å². The molecule has 0 radical (unpaired) electrons. The molecule has 0 spiro atoms. The van der Waals surface area contributed by atoms with Crippen LogP contribution in [0, 0.1) is 0 Å². The smallest absolute Gasteiger partial charge is 0.127 e. The van der Waals surface area contributed by atoms with Gasteiger partial charge in [-0.05, 0) is 22.8 Å². The third-order valence-electron chi connectivity index (χ3n) is 4.16. The van der Waals surface area contributed by atoms with Crippen LogP contribution in [-0.4, -0.2) is 11.7 Å². The van der Waals surface area contributed by atoms with Gasteiger partial charge in [0.1, 0.15) is 5.60 Å². The van der Waals surface area contributed by atoms with Crippen LogP contribution in [0.2, 0.25) is 5.02 Å². The summed E-state index contributed by atoms with van der Waals surface area (Å²) in [7, 11) is 0. The second-order valence-corrected chi connectivity index (χ2v) is 6.19. The van der Waals surface area contributed by atoms with E-state index < -0.39 is 5.60 Å². The fourth-order valence-corrected chi connectivity index (χ4v) is 3.02. The lowest BCUT2D eigenvalue weighted by Crippen LogP contribution is -2.39. The van der Waals surface area contributed by atoms with E-state index in [0.29, 0.717) is 13.1 Å². The maximum absolute atomic E-state index is 11.4. The van der Waals surface area contributed by atoms with E-state index in [9.17, 15) is 5.11 Å². The first-order chi connectivity index (χ1) is 11.7. The van der Waals surface area contributed by atoms with Crippen molar-refractivity contribution in [2.75, 3.05) is 6.54 Å². The molecule has 24 heavy (non-hydrogen) atoms. The van der Waals surface area contributed by atoms with Crippen LogP contribution in [0.1, 0.15) is 16.7 Å². The molecule has 3 rings (SSSR count). The van der Waals surface area contributed by atoms with Gasteiger partial charge in [0.15, 0.2) is 0 Å². The first kappa shape index (κ1) is 16.7. The highest BCUT2D eigenvalue weighted by Crippen LogP contribution is 2.29. The summed E-state index contributed by atoms with van der Waals surface area (Å²) in [6.45, 7) is 0.994. The van der Waals surface area contributed by atoms with Crippen molar-refractivity contribution in [3.05, 3.63) is 107 Å².